The minimum Gasteiger partial charge on any atom is -0.338 e. The second kappa shape index (κ2) is 7.50. The normalized spacial score (nSPS) is 19.1. The number of nitrogens with one attached hydrogen (secondary N) is 1. The molecule has 0 aliphatic carbocycles. The van der Waals surface area contributed by atoms with Gasteiger partial charge in [-0.3, -0.25) is 4.90 Å². The summed E-state index contributed by atoms with van der Waals surface area (Å²) in [6.07, 6.45) is -4.39. The molecule has 1 atom stereocenters. The maximum atomic E-state index is 12.8. The Kier molecular flexibility index (Phi) is 5.84. The van der Waals surface area contributed by atoms with Crippen molar-refractivity contribution in [1.82, 2.24) is 20.4 Å². The minimum absolute atomic E-state index is 0. The van der Waals surface area contributed by atoms with Crippen molar-refractivity contribution >= 4 is 12.4 Å². The van der Waals surface area contributed by atoms with Crippen molar-refractivity contribution in [3.05, 3.63) is 35.7 Å². The first-order valence-electron chi connectivity index (χ1n) is 7.38. The van der Waals surface area contributed by atoms with Crippen molar-refractivity contribution in [2.45, 2.75) is 25.7 Å². The van der Waals surface area contributed by atoms with E-state index in [4.69, 9.17) is 4.52 Å². The highest BCUT2D eigenvalue weighted by Crippen LogP contribution is 2.31. The van der Waals surface area contributed by atoms with Crippen LogP contribution < -0.4 is 5.32 Å². The Labute approximate surface area is 143 Å². The molecule has 1 aliphatic heterocycles. The van der Waals surface area contributed by atoms with Gasteiger partial charge in [0.1, 0.15) is 0 Å². The highest BCUT2D eigenvalue weighted by molar-refractivity contribution is 5.85. The molecule has 0 unspecified atom stereocenters. The maximum Gasteiger partial charge on any atom is 0.416 e. The second-order valence-electron chi connectivity index (χ2n) is 5.61. The smallest absolute Gasteiger partial charge is 0.338 e. The summed E-state index contributed by atoms with van der Waals surface area (Å²) in [7, 11) is 0. The molecule has 2 aromatic rings. The van der Waals surface area contributed by atoms with Crippen molar-refractivity contribution < 1.29 is 17.7 Å². The van der Waals surface area contributed by atoms with E-state index in [9.17, 15) is 13.2 Å². The summed E-state index contributed by atoms with van der Waals surface area (Å²) in [6, 6.07) is 5.27. The second-order valence-corrected chi connectivity index (χ2v) is 5.61. The lowest BCUT2D eigenvalue weighted by Gasteiger charge is -2.32. The zero-order chi connectivity index (χ0) is 16.4. The lowest BCUT2D eigenvalue weighted by Crippen LogP contribution is -2.49. The van der Waals surface area contributed by atoms with E-state index in [-0.39, 0.29) is 18.2 Å². The Balaban J connectivity index is 0.00000208. The molecule has 1 aliphatic rings. The predicted octanol–water partition coefficient (Wildman–Crippen LogP) is 2.97. The third-order valence-corrected chi connectivity index (χ3v) is 3.89. The first-order valence-corrected chi connectivity index (χ1v) is 7.38. The van der Waals surface area contributed by atoms with E-state index in [0.717, 1.165) is 31.8 Å². The van der Waals surface area contributed by atoms with Gasteiger partial charge < -0.3 is 9.84 Å². The van der Waals surface area contributed by atoms with Gasteiger partial charge in [-0.2, -0.15) is 18.2 Å². The van der Waals surface area contributed by atoms with Crippen LogP contribution in [-0.2, 0) is 12.7 Å². The predicted molar refractivity (Wildman–Crippen MR) is 84.7 cm³/mol. The number of halogens is 4. The van der Waals surface area contributed by atoms with Gasteiger partial charge in [0.05, 0.1) is 12.1 Å². The Bertz CT molecular complexity index is 677. The fourth-order valence-electron chi connectivity index (χ4n) is 2.56. The molecule has 1 N–H and O–H groups in total. The lowest BCUT2D eigenvalue weighted by atomic mass is 10.1. The van der Waals surface area contributed by atoms with Crippen LogP contribution in [0.25, 0.3) is 11.4 Å². The molecular formula is C15H18ClF3N4O. The van der Waals surface area contributed by atoms with E-state index in [1.807, 2.05) is 0 Å². The van der Waals surface area contributed by atoms with Gasteiger partial charge in [-0.05, 0) is 19.1 Å². The molecule has 132 valence electrons. The van der Waals surface area contributed by atoms with Crippen LogP contribution in [-0.4, -0.2) is 40.7 Å². The molecule has 5 nitrogen and oxygen atoms in total. The molecule has 0 spiro atoms. The monoisotopic (exact) mass is 362 g/mol. The fourth-order valence-corrected chi connectivity index (χ4v) is 2.56. The molecule has 2 heterocycles. The molecule has 1 saturated heterocycles. The highest BCUT2D eigenvalue weighted by atomic mass is 35.5. The van der Waals surface area contributed by atoms with Crippen LogP contribution in [0.2, 0.25) is 0 Å². The van der Waals surface area contributed by atoms with Crippen LogP contribution in [0.4, 0.5) is 13.2 Å². The number of benzene rings is 1. The quantitative estimate of drug-likeness (QED) is 0.909. The molecule has 24 heavy (non-hydrogen) atoms. The molecule has 0 saturated carbocycles. The van der Waals surface area contributed by atoms with Crippen LogP contribution in [0.15, 0.2) is 28.8 Å². The molecule has 0 bridgehead atoms. The minimum atomic E-state index is -4.39. The van der Waals surface area contributed by atoms with Gasteiger partial charge in [0.2, 0.25) is 11.7 Å². The van der Waals surface area contributed by atoms with E-state index >= 15 is 0 Å². The standard InChI is InChI=1S/C15H17F3N4O.ClH/c1-10-8-19-5-6-22(10)9-13-20-14(21-23-13)11-3-2-4-12(7-11)15(16,17)18;/h2-4,7,10,19H,5-6,8-9H2,1H3;1H/t10-;/m1./s1. The third-order valence-electron chi connectivity index (χ3n) is 3.89. The van der Waals surface area contributed by atoms with Crippen LogP contribution in [0.1, 0.15) is 18.4 Å². The average molecular weight is 363 g/mol. The SMILES string of the molecule is C[C@@H]1CNCCN1Cc1nc(-c2cccc(C(F)(F)F)c2)no1.Cl. The molecule has 3 rings (SSSR count). The molecular weight excluding hydrogens is 345 g/mol. The number of hydrogen-bond acceptors (Lipinski definition) is 5. The van der Waals surface area contributed by atoms with Gasteiger partial charge >= 0.3 is 6.18 Å². The largest absolute Gasteiger partial charge is 0.416 e. The summed E-state index contributed by atoms with van der Waals surface area (Å²) in [4.78, 5) is 6.42. The summed E-state index contributed by atoms with van der Waals surface area (Å²) in [5, 5.41) is 7.09. The van der Waals surface area contributed by atoms with Gasteiger partial charge in [0.15, 0.2) is 0 Å². The van der Waals surface area contributed by atoms with Crippen molar-refractivity contribution in [1.29, 1.82) is 0 Å². The summed E-state index contributed by atoms with van der Waals surface area (Å²) in [6.45, 7) is 5.22. The topological polar surface area (TPSA) is 54.2 Å². The molecule has 1 aromatic heterocycles. The van der Waals surface area contributed by atoms with Gasteiger partial charge in [0.25, 0.3) is 0 Å². The van der Waals surface area contributed by atoms with Crippen molar-refractivity contribution in [2.24, 2.45) is 0 Å². The number of rotatable bonds is 3. The van der Waals surface area contributed by atoms with Crippen molar-refractivity contribution in [3.8, 4) is 11.4 Å². The van der Waals surface area contributed by atoms with Crippen molar-refractivity contribution in [2.75, 3.05) is 19.6 Å². The first kappa shape index (κ1) is 18.7. The Hall–Kier alpha value is -1.64. The number of nitrogens with zero attached hydrogens (tertiary/aromatic N) is 3. The molecule has 1 fully saturated rings. The Morgan fingerprint density at radius 3 is 2.88 bits per heavy atom. The lowest BCUT2D eigenvalue weighted by molar-refractivity contribution is -0.137. The Morgan fingerprint density at radius 2 is 2.17 bits per heavy atom. The zero-order valence-corrected chi connectivity index (χ0v) is 13.8. The van der Waals surface area contributed by atoms with E-state index < -0.39 is 11.7 Å². The van der Waals surface area contributed by atoms with Crippen LogP contribution in [0, 0.1) is 0 Å². The van der Waals surface area contributed by atoms with Gasteiger partial charge in [-0.25, -0.2) is 0 Å². The summed E-state index contributed by atoms with van der Waals surface area (Å²) >= 11 is 0. The molecule has 1 aromatic carbocycles. The van der Waals surface area contributed by atoms with E-state index in [0.29, 0.717) is 24.0 Å². The first-order chi connectivity index (χ1) is 10.9. The number of alkyl halides is 3. The van der Waals surface area contributed by atoms with E-state index in [1.54, 1.807) is 0 Å². The van der Waals surface area contributed by atoms with Gasteiger partial charge in [-0.1, -0.05) is 17.3 Å². The summed E-state index contributed by atoms with van der Waals surface area (Å²) in [5.41, 5.74) is -0.430. The van der Waals surface area contributed by atoms with Gasteiger partial charge in [0, 0.05) is 31.2 Å². The van der Waals surface area contributed by atoms with Crippen LogP contribution in [0.5, 0.6) is 0 Å². The average Bonchev–Trinajstić information content (AvgIpc) is 2.98. The summed E-state index contributed by atoms with van der Waals surface area (Å²) in [5.74, 6) is 0.583. The van der Waals surface area contributed by atoms with Crippen LogP contribution >= 0.6 is 12.4 Å². The highest BCUT2D eigenvalue weighted by Gasteiger charge is 2.31. The maximum absolute atomic E-state index is 12.8. The number of aromatic nitrogens is 2. The number of piperazine rings is 1. The molecule has 9 heteroatoms. The van der Waals surface area contributed by atoms with E-state index in [2.05, 4.69) is 27.3 Å². The van der Waals surface area contributed by atoms with E-state index in [1.165, 1.54) is 12.1 Å². The zero-order valence-electron chi connectivity index (χ0n) is 13.0. The fraction of sp³-hybridized carbons (Fsp3) is 0.467. The van der Waals surface area contributed by atoms with Crippen molar-refractivity contribution in [3.63, 3.8) is 0 Å². The summed E-state index contributed by atoms with van der Waals surface area (Å²) < 4.78 is 43.5. The molecule has 0 radical (unpaired) electrons. The third kappa shape index (κ3) is 4.25. The van der Waals surface area contributed by atoms with Gasteiger partial charge in [-0.15, -0.1) is 12.4 Å². The van der Waals surface area contributed by atoms with Crippen LogP contribution in [0.3, 0.4) is 0 Å². The number of hydrogen-bond donors (Lipinski definition) is 1. The molecule has 0 amide bonds. The Morgan fingerprint density at radius 1 is 1.38 bits per heavy atom.